The normalized spacial score (nSPS) is 40.3. The first-order valence-corrected chi connectivity index (χ1v) is 3.44. The molecule has 0 aliphatic heterocycles. The highest BCUT2D eigenvalue weighted by atomic mass is 35.5. The summed E-state index contributed by atoms with van der Waals surface area (Å²) in [4.78, 5) is 0. The van der Waals surface area contributed by atoms with Crippen LogP contribution in [0.4, 0.5) is 0 Å². The van der Waals surface area contributed by atoms with Gasteiger partial charge in [0, 0.05) is 5.88 Å². The Bertz CT molecular complexity index is 59.2. The highest BCUT2D eigenvalue weighted by Gasteiger charge is 2.24. The van der Waals surface area contributed by atoms with Crippen LogP contribution in [0, 0.1) is 11.8 Å². The third kappa shape index (κ3) is 0.908. The summed E-state index contributed by atoms with van der Waals surface area (Å²) >= 11 is 5.60. The Labute approximate surface area is 49.9 Å². The second kappa shape index (κ2) is 2.04. The van der Waals surface area contributed by atoms with Crippen LogP contribution in [0.25, 0.3) is 0 Å². The van der Waals surface area contributed by atoms with Crippen molar-refractivity contribution in [2.24, 2.45) is 11.8 Å². The van der Waals surface area contributed by atoms with E-state index in [1.54, 1.807) is 0 Å². The lowest BCUT2D eigenvalue weighted by molar-refractivity contribution is 0.223. The number of halogens is 1. The summed E-state index contributed by atoms with van der Waals surface area (Å²) in [7, 11) is 0. The fraction of sp³-hybridized carbons (Fsp3) is 1.00. The van der Waals surface area contributed by atoms with Crippen molar-refractivity contribution in [2.75, 3.05) is 5.88 Å². The molecule has 0 aromatic rings. The number of alkyl halides is 1. The molecule has 1 fully saturated rings. The summed E-state index contributed by atoms with van der Waals surface area (Å²) in [5.41, 5.74) is 0. The van der Waals surface area contributed by atoms with Crippen LogP contribution in [0.3, 0.4) is 0 Å². The van der Waals surface area contributed by atoms with Crippen LogP contribution in [-0.4, -0.2) is 5.88 Å². The van der Waals surface area contributed by atoms with Crippen LogP contribution in [0.1, 0.15) is 19.8 Å². The molecule has 0 aromatic carbocycles. The van der Waals surface area contributed by atoms with Crippen LogP contribution >= 0.6 is 11.6 Å². The van der Waals surface area contributed by atoms with Gasteiger partial charge < -0.3 is 0 Å². The first-order valence-electron chi connectivity index (χ1n) is 2.90. The van der Waals surface area contributed by atoms with Gasteiger partial charge in [0.1, 0.15) is 0 Å². The number of hydrogen-bond donors (Lipinski definition) is 0. The molecule has 1 aliphatic rings. The van der Waals surface area contributed by atoms with Gasteiger partial charge in [0.05, 0.1) is 0 Å². The Hall–Kier alpha value is 0.290. The van der Waals surface area contributed by atoms with Gasteiger partial charge in [0.2, 0.25) is 0 Å². The van der Waals surface area contributed by atoms with E-state index in [1.807, 2.05) is 0 Å². The first kappa shape index (κ1) is 5.43. The third-order valence-corrected chi connectivity index (χ3v) is 2.39. The van der Waals surface area contributed by atoms with Gasteiger partial charge in [0.25, 0.3) is 0 Å². The Morgan fingerprint density at radius 2 is 2.29 bits per heavy atom. The monoisotopic (exact) mass is 118 g/mol. The lowest BCUT2D eigenvalue weighted by atomic mass is 9.76. The molecule has 0 bridgehead atoms. The molecule has 0 unspecified atom stereocenters. The van der Waals surface area contributed by atoms with Gasteiger partial charge in [-0.1, -0.05) is 13.3 Å². The van der Waals surface area contributed by atoms with Crippen LogP contribution < -0.4 is 0 Å². The molecule has 0 nitrogen and oxygen atoms in total. The Balaban J connectivity index is 2.16. The van der Waals surface area contributed by atoms with Gasteiger partial charge in [-0.15, -0.1) is 11.6 Å². The van der Waals surface area contributed by atoms with Crippen molar-refractivity contribution in [1.82, 2.24) is 0 Å². The van der Waals surface area contributed by atoms with Crippen molar-refractivity contribution >= 4 is 11.6 Å². The van der Waals surface area contributed by atoms with Gasteiger partial charge >= 0.3 is 0 Å². The summed E-state index contributed by atoms with van der Waals surface area (Å²) in [5, 5.41) is 0. The fourth-order valence-corrected chi connectivity index (χ4v) is 1.42. The zero-order chi connectivity index (χ0) is 5.28. The standard InChI is InChI=1S/C6H11Cl/c1-5-2-3-6(5)4-7/h5-6H,2-4H2,1H3/t5-,6-/m0/s1. The minimum Gasteiger partial charge on any atom is -0.126 e. The molecule has 2 atom stereocenters. The molecule has 0 amide bonds. The molecule has 7 heavy (non-hydrogen) atoms. The van der Waals surface area contributed by atoms with Crippen molar-refractivity contribution < 1.29 is 0 Å². The lowest BCUT2D eigenvalue weighted by Gasteiger charge is -2.31. The fourth-order valence-electron chi connectivity index (χ4n) is 0.965. The van der Waals surface area contributed by atoms with E-state index < -0.39 is 0 Å². The summed E-state index contributed by atoms with van der Waals surface area (Å²) in [6.07, 6.45) is 2.77. The second-order valence-electron chi connectivity index (χ2n) is 2.47. The van der Waals surface area contributed by atoms with Gasteiger partial charge in [-0.3, -0.25) is 0 Å². The smallest absolute Gasteiger partial charge is 0.0254 e. The van der Waals surface area contributed by atoms with E-state index in [0.717, 1.165) is 17.7 Å². The Morgan fingerprint density at radius 1 is 1.57 bits per heavy atom. The van der Waals surface area contributed by atoms with E-state index in [0.29, 0.717) is 0 Å². The number of hydrogen-bond acceptors (Lipinski definition) is 0. The molecule has 0 aromatic heterocycles. The van der Waals surface area contributed by atoms with Crippen molar-refractivity contribution in [3.8, 4) is 0 Å². The summed E-state index contributed by atoms with van der Waals surface area (Å²) in [5.74, 6) is 2.64. The quantitative estimate of drug-likeness (QED) is 0.464. The maximum Gasteiger partial charge on any atom is 0.0254 e. The lowest BCUT2D eigenvalue weighted by Crippen LogP contribution is -2.23. The molecule has 1 aliphatic carbocycles. The summed E-state index contributed by atoms with van der Waals surface area (Å²) in [6, 6.07) is 0. The maximum absolute atomic E-state index is 5.60. The molecule has 0 saturated heterocycles. The van der Waals surface area contributed by atoms with E-state index >= 15 is 0 Å². The highest BCUT2D eigenvalue weighted by Crippen LogP contribution is 2.33. The molecule has 0 radical (unpaired) electrons. The minimum absolute atomic E-state index is 0.849. The third-order valence-electron chi connectivity index (χ3n) is 2.00. The zero-order valence-corrected chi connectivity index (χ0v) is 5.41. The first-order chi connectivity index (χ1) is 3.34. The predicted molar refractivity (Wildman–Crippen MR) is 32.6 cm³/mol. The predicted octanol–water partition coefficient (Wildman–Crippen LogP) is 2.27. The Morgan fingerprint density at radius 3 is 2.29 bits per heavy atom. The van der Waals surface area contributed by atoms with Gasteiger partial charge in [-0.05, 0) is 18.3 Å². The molecular formula is C6H11Cl. The van der Waals surface area contributed by atoms with E-state index in [2.05, 4.69) is 6.92 Å². The zero-order valence-electron chi connectivity index (χ0n) is 4.65. The SMILES string of the molecule is C[C@H]1CC[C@H]1CCl. The van der Waals surface area contributed by atoms with Crippen molar-refractivity contribution in [2.45, 2.75) is 19.8 Å². The molecule has 0 N–H and O–H groups in total. The average Bonchev–Trinajstić information content (AvgIpc) is 1.65. The van der Waals surface area contributed by atoms with Crippen molar-refractivity contribution in [1.29, 1.82) is 0 Å². The van der Waals surface area contributed by atoms with Crippen molar-refractivity contribution in [3.05, 3.63) is 0 Å². The number of rotatable bonds is 1. The topological polar surface area (TPSA) is 0 Å². The van der Waals surface area contributed by atoms with Crippen LogP contribution in [0.15, 0.2) is 0 Å². The minimum atomic E-state index is 0.849. The summed E-state index contributed by atoms with van der Waals surface area (Å²) in [6.45, 7) is 2.27. The molecular weight excluding hydrogens is 108 g/mol. The largest absolute Gasteiger partial charge is 0.126 e. The average molecular weight is 119 g/mol. The van der Waals surface area contributed by atoms with Gasteiger partial charge in [-0.2, -0.15) is 0 Å². The van der Waals surface area contributed by atoms with Crippen LogP contribution in [-0.2, 0) is 0 Å². The Kier molecular flexibility index (Phi) is 1.58. The van der Waals surface area contributed by atoms with Crippen LogP contribution in [0.2, 0.25) is 0 Å². The van der Waals surface area contributed by atoms with E-state index in [1.165, 1.54) is 12.8 Å². The molecule has 1 heteroatoms. The molecule has 1 saturated carbocycles. The highest BCUT2D eigenvalue weighted by molar-refractivity contribution is 6.18. The summed E-state index contributed by atoms with van der Waals surface area (Å²) < 4.78 is 0. The van der Waals surface area contributed by atoms with Crippen molar-refractivity contribution in [3.63, 3.8) is 0 Å². The second-order valence-corrected chi connectivity index (χ2v) is 2.78. The molecule has 1 rings (SSSR count). The van der Waals surface area contributed by atoms with E-state index in [4.69, 9.17) is 11.6 Å². The van der Waals surface area contributed by atoms with E-state index in [9.17, 15) is 0 Å². The molecule has 0 heterocycles. The van der Waals surface area contributed by atoms with Crippen LogP contribution in [0.5, 0.6) is 0 Å². The van der Waals surface area contributed by atoms with E-state index in [-0.39, 0.29) is 0 Å². The van der Waals surface area contributed by atoms with Gasteiger partial charge in [-0.25, -0.2) is 0 Å². The van der Waals surface area contributed by atoms with Gasteiger partial charge in [0.15, 0.2) is 0 Å². The molecule has 0 spiro atoms. The molecule has 42 valence electrons. The maximum atomic E-state index is 5.60.